The Morgan fingerprint density at radius 2 is 1.82 bits per heavy atom. The molecule has 0 radical (unpaired) electrons. The number of rotatable bonds is 6. The summed E-state index contributed by atoms with van der Waals surface area (Å²) >= 11 is 1.65. The summed E-state index contributed by atoms with van der Waals surface area (Å²) in [6, 6.07) is 15.1. The van der Waals surface area contributed by atoms with Crippen molar-refractivity contribution in [3.8, 4) is 28.0 Å². The van der Waals surface area contributed by atoms with Gasteiger partial charge < -0.3 is 9.64 Å². The van der Waals surface area contributed by atoms with Crippen molar-refractivity contribution in [1.82, 2.24) is 24.6 Å². The number of benzene rings is 2. The topological polar surface area (TPSA) is 56.1 Å². The van der Waals surface area contributed by atoms with Crippen molar-refractivity contribution in [2.75, 3.05) is 26.7 Å². The Hall–Kier alpha value is -3.10. The standard InChI is InChI=1S/C25H26FN5OS/c1-17-16-19(8-9-20(17)26)23-28-24(18-6-4-3-5-7-18)31(29-23)15-14-30-12-10-21-22(11-13-30)33-25(27-21)32-2/h3-9,16H,10-15H2,1-2H3. The van der Waals surface area contributed by atoms with Gasteiger partial charge in [-0.25, -0.2) is 19.0 Å². The maximum absolute atomic E-state index is 13.8. The molecular weight excluding hydrogens is 437 g/mol. The van der Waals surface area contributed by atoms with Gasteiger partial charge in [0.2, 0.25) is 0 Å². The minimum atomic E-state index is -0.219. The van der Waals surface area contributed by atoms with E-state index < -0.39 is 0 Å². The van der Waals surface area contributed by atoms with Crippen LogP contribution in [-0.4, -0.2) is 51.4 Å². The van der Waals surface area contributed by atoms with Gasteiger partial charge in [0.15, 0.2) is 11.6 Å². The van der Waals surface area contributed by atoms with Crippen molar-refractivity contribution in [2.24, 2.45) is 0 Å². The molecule has 0 aliphatic carbocycles. The number of nitrogens with zero attached hydrogens (tertiary/aromatic N) is 5. The van der Waals surface area contributed by atoms with Crippen LogP contribution in [0, 0.1) is 12.7 Å². The first-order valence-electron chi connectivity index (χ1n) is 11.1. The second-order valence-corrected chi connectivity index (χ2v) is 9.25. The van der Waals surface area contributed by atoms with Gasteiger partial charge in [-0.3, -0.25) is 0 Å². The summed E-state index contributed by atoms with van der Waals surface area (Å²) in [5, 5.41) is 5.57. The maximum atomic E-state index is 13.8. The molecule has 5 rings (SSSR count). The molecule has 1 aliphatic rings. The van der Waals surface area contributed by atoms with Crippen LogP contribution in [-0.2, 0) is 19.4 Å². The molecule has 6 nitrogen and oxygen atoms in total. The molecule has 1 aliphatic heterocycles. The molecule has 3 heterocycles. The fraction of sp³-hybridized carbons (Fsp3) is 0.320. The molecule has 170 valence electrons. The van der Waals surface area contributed by atoms with Crippen LogP contribution in [0.25, 0.3) is 22.8 Å². The van der Waals surface area contributed by atoms with Gasteiger partial charge in [0.05, 0.1) is 19.3 Å². The predicted octanol–water partition coefficient (Wildman–Crippen LogP) is 4.63. The molecule has 0 saturated heterocycles. The second kappa shape index (κ2) is 9.41. The van der Waals surface area contributed by atoms with Gasteiger partial charge in [-0.2, -0.15) is 5.10 Å². The van der Waals surface area contributed by atoms with E-state index in [1.807, 2.05) is 35.0 Å². The minimum Gasteiger partial charge on any atom is -0.473 e. The number of thiazole rings is 1. The monoisotopic (exact) mass is 463 g/mol. The molecule has 0 unspecified atom stereocenters. The Labute approximate surface area is 196 Å². The van der Waals surface area contributed by atoms with E-state index in [1.165, 1.54) is 16.6 Å². The number of hydrogen-bond acceptors (Lipinski definition) is 6. The average Bonchev–Trinajstić information content (AvgIpc) is 3.40. The summed E-state index contributed by atoms with van der Waals surface area (Å²) in [6.45, 7) is 5.30. The van der Waals surface area contributed by atoms with E-state index in [0.717, 1.165) is 61.2 Å². The van der Waals surface area contributed by atoms with Gasteiger partial charge in [-0.05, 0) is 37.1 Å². The minimum absolute atomic E-state index is 0.219. The van der Waals surface area contributed by atoms with Crippen LogP contribution >= 0.6 is 11.3 Å². The number of fused-ring (bicyclic) bond motifs is 1. The molecule has 0 bridgehead atoms. The fourth-order valence-corrected chi connectivity index (χ4v) is 5.05. The van der Waals surface area contributed by atoms with Gasteiger partial charge in [0, 0.05) is 42.1 Å². The van der Waals surface area contributed by atoms with Crippen molar-refractivity contribution < 1.29 is 9.13 Å². The molecule has 2 aromatic carbocycles. The Morgan fingerprint density at radius 1 is 1.00 bits per heavy atom. The first-order valence-corrected chi connectivity index (χ1v) is 11.9. The van der Waals surface area contributed by atoms with Crippen LogP contribution < -0.4 is 4.74 Å². The third-order valence-corrected chi connectivity index (χ3v) is 7.12. The van der Waals surface area contributed by atoms with Crippen LogP contribution in [0.1, 0.15) is 16.1 Å². The summed E-state index contributed by atoms with van der Waals surface area (Å²) in [6.07, 6.45) is 1.91. The zero-order valence-corrected chi connectivity index (χ0v) is 19.6. The Bertz CT molecular complexity index is 1230. The summed E-state index contributed by atoms with van der Waals surface area (Å²) < 4.78 is 21.1. The van der Waals surface area contributed by atoms with Gasteiger partial charge in [-0.15, -0.1) is 0 Å². The summed E-state index contributed by atoms with van der Waals surface area (Å²) in [4.78, 5) is 13.2. The van der Waals surface area contributed by atoms with E-state index in [9.17, 15) is 4.39 Å². The molecule has 33 heavy (non-hydrogen) atoms. The summed E-state index contributed by atoms with van der Waals surface area (Å²) in [5.74, 6) is 1.22. The van der Waals surface area contributed by atoms with E-state index in [4.69, 9.17) is 14.8 Å². The van der Waals surface area contributed by atoms with E-state index in [-0.39, 0.29) is 5.82 Å². The highest BCUT2D eigenvalue weighted by Crippen LogP contribution is 2.28. The number of aromatic nitrogens is 4. The van der Waals surface area contributed by atoms with Crippen LogP contribution in [0.4, 0.5) is 4.39 Å². The van der Waals surface area contributed by atoms with E-state index >= 15 is 0 Å². The number of methoxy groups -OCH3 is 1. The van der Waals surface area contributed by atoms with Crippen LogP contribution in [0.15, 0.2) is 48.5 Å². The lowest BCUT2D eigenvalue weighted by Crippen LogP contribution is -2.30. The predicted molar refractivity (Wildman–Crippen MR) is 128 cm³/mol. The van der Waals surface area contributed by atoms with Gasteiger partial charge in [-0.1, -0.05) is 41.7 Å². The first-order chi connectivity index (χ1) is 16.1. The van der Waals surface area contributed by atoms with Crippen molar-refractivity contribution in [1.29, 1.82) is 0 Å². The zero-order chi connectivity index (χ0) is 22.8. The molecule has 0 saturated carbocycles. The lowest BCUT2D eigenvalue weighted by molar-refractivity contribution is 0.271. The molecule has 2 aromatic heterocycles. The maximum Gasteiger partial charge on any atom is 0.273 e. The third-order valence-electron chi connectivity index (χ3n) is 6.00. The van der Waals surface area contributed by atoms with Gasteiger partial charge >= 0.3 is 0 Å². The van der Waals surface area contributed by atoms with E-state index in [1.54, 1.807) is 37.5 Å². The fourth-order valence-electron chi connectivity index (χ4n) is 4.14. The van der Waals surface area contributed by atoms with Gasteiger partial charge in [0.1, 0.15) is 5.82 Å². The van der Waals surface area contributed by atoms with Crippen LogP contribution in [0.2, 0.25) is 0 Å². The van der Waals surface area contributed by atoms with E-state index in [2.05, 4.69) is 9.88 Å². The SMILES string of the molecule is COc1nc2c(s1)CCN(CCn1nc(-c3ccc(F)c(C)c3)nc1-c1ccccc1)CC2. The highest BCUT2D eigenvalue weighted by Gasteiger charge is 2.20. The number of halogens is 1. The molecular formula is C25H26FN5OS. The van der Waals surface area contributed by atoms with Crippen LogP contribution in [0.3, 0.4) is 0 Å². The van der Waals surface area contributed by atoms with Gasteiger partial charge in [0.25, 0.3) is 5.19 Å². The quantitative estimate of drug-likeness (QED) is 0.417. The third kappa shape index (κ3) is 4.67. The Morgan fingerprint density at radius 3 is 2.61 bits per heavy atom. The lowest BCUT2D eigenvalue weighted by Gasteiger charge is -2.20. The van der Waals surface area contributed by atoms with Crippen LogP contribution in [0.5, 0.6) is 5.19 Å². The molecule has 0 amide bonds. The number of aryl methyl sites for hydroxylation is 1. The van der Waals surface area contributed by atoms with Crippen molar-refractivity contribution >= 4 is 11.3 Å². The normalized spacial score (nSPS) is 14.2. The Balaban J connectivity index is 1.36. The first kappa shape index (κ1) is 21.7. The largest absolute Gasteiger partial charge is 0.473 e. The summed E-state index contributed by atoms with van der Waals surface area (Å²) in [7, 11) is 1.68. The smallest absolute Gasteiger partial charge is 0.273 e. The van der Waals surface area contributed by atoms with Crippen molar-refractivity contribution in [2.45, 2.75) is 26.3 Å². The zero-order valence-electron chi connectivity index (χ0n) is 18.8. The number of hydrogen-bond donors (Lipinski definition) is 0. The van der Waals surface area contributed by atoms with E-state index in [0.29, 0.717) is 11.4 Å². The molecule has 0 N–H and O–H groups in total. The lowest BCUT2D eigenvalue weighted by atomic mass is 10.1. The molecule has 0 fully saturated rings. The highest BCUT2D eigenvalue weighted by molar-refractivity contribution is 7.13. The summed E-state index contributed by atoms with van der Waals surface area (Å²) in [5.41, 5.74) is 3.60. The van der Waals surface area contributed by atoms with Crippen molar-refractivity contribution in [3.63, 3.8) is 0 Å². The highest BCUT2D eigenvalue weighted by atomic mass is 32.1. The molecule has 4 aromatic rings. The molecule has 8 heteroatoms. The second-order valence-electron chi connectivity index (χ2n) is 8.21. The number of ether oxygens (including phenoxy) is 1. The Kier molecular flexibility index (Phi) is 6.20. The van der Waals surface area contributed by atoms with Crippen molar-refractivity contribution in [3.05, 3.63) is 70.5 Å². The molecule has 0 atom stereocenters. The molecule has 0 spiro atoms. The average molecular weight is 464 g/mol.